The Labute approximate surface area is 123 Å². The molecule has 1 atom stereocenters. The van der Waals surface area contributed by atoms with Crippen LogP contribution in [0.2, 0.25) is 0 Å². The zero-order valence-corrected chi connectivity index (χ0v) is 11.8. The van der Waals surface area contributed by atoms with Crippen LogP contribution >= 0.6 is 0 Å². The molecule has 4 heteroatoms. The van der Waals surface area contributed by atoms with Crippen LogP contribution in [0.3, 0.4) is 0 Å². The third-order valence-corrected chi connectivity index (χ3v) is 3.86. The highest BCUT2D eigenvalue weighted by Gasteiger charge is 2.33. The zero-order chi connectivity index (χ0) is 14.8. The van der Waals surface area contributed by atoms with Crippen LogP contribution in [0.4, 0.5) is 5.69 Å². The standard InChI is InChI=1S/C17H17NO3/c1-21-13-6-4-5-12(9-13)10-18-11-15(17(19)20)14-7-2-3-8-16(14)18/h2-9,15H,10-11H2,1H3,(H,19,20). The minimum atomic E-state index is -0.768. The fourth-order valence-corrected chi connectivity index (χ4v) is 2.84. The van der Waals surface area contributed by atoms with Crippen LogP contribution in [0.25, 0.3) is 0 Å². The Morgan fingerprint density at radius 2 is 2.10 bits per heavy atom. The molecule has 0 aliphatic carbocycles. The molecule has 0 radical (unpaired) electrons. The first-order chi connectivity index (χ1) is 10.2. The van der Waals surface area contributed by atoms with Gasteiger partial charge in [-0.25, -0.2) is 0 Å². The number of ether oxygens (including phenoxy) is 1. The minimum absolute atomic E-state index is 0.452. The van der Waals surface area contributed by atoms with Gasteiger partial charge in [0.15, 0.2) is 0 Å². The van der Waals surface area contributed by atoms with Crippen molar-refractivity contribution in [1.29, 1.82) is 0 Å². The lowest BCUT2D eigenvalue weighted by atomic mass is 10.0. The zero-order valence-electron chi connectivity index (χ0n) is 11.8. The van der Waals surface area contributed by atoms with Crippen LogP contribution in [0.1, 0.15) is 17.0 Å². The van der Waals surface area contributed by atoms with E-state index in [4.69, 9.17) is 4.74 Å². The van der Waals surface area contributed by atoms with E-state index in [1.165, 1.54) is 0 Å². The summed E-state index contributed by atoms with van der Waals surface area (Å²) >= 11 is 0. The van der Waals surface area contributed by atoms with Crippen LogP contribution in [-0.2, 0) is 11.3 Å². The number of hydrogen-bond acceptors (Lipinski definition) is 3. The molecule has 1 unspecified atom stereocenters. The second-order valence-electron chi connectivity index (χ2n) is 5.18. The predicted octanol–water partition coefficient (Wildman–Crippen LogP) is 2.88. The number of nitrogens with zero attached hydrogens (tertiary/aromatic N) is 1. The summed E-state index contributed by atoms with van der Waals surface area (Å²) < 4.78 is 5.24. The smallest absolute Gasteiger partial charge is 0.312 e. The van der Waals surface area contributed by atoms with E-state index in [0.717, 1.165) is 22.6 Å². The summed E-state index contributed by atoms with van der Waals surface area (Å²) in [6.07, 6.45) is 0. The second kappa shape index (κ2) is 5.48. The average Bonchev–Trinajstić information content (AvgIpc) is 2.87. The number of rotatable bonds is 4. The summed E-state index contributed by atoms with van der Waals surface area (Å²) in [5.74, 6) is -0.405. The number of carboxylic acid groups (broad SMARTS) is 1. The summed E-state index contributed by atoms with van der Waals surface area (Å²) in [5, 5.41) is 9.38. The van der Waals surface area contributed by atoms with Gasteiger partial charge < -0.3 is 14.7 Å². The summed E-state index contributed by atoms with van der Waals surface area (Å²) in [6, 6.07) is 15.6. The molecule has 1 aliphatic heterocycles. The first-order valence-electron chi connectivity index (χ1n) is 6.88. The van der Waals surface area contributed by atoms with Crippen LogP contribution in [0, 0.1) is 0 Å². The molecule has 1 N–H and O–H groups in total. The Balaban J connectivity index is 1.88. The minimum Gasteiger partial charge on any atom is -0.497 e. The molecule has 2 aromatic carbocycles. The highest BCUT2D eigenvalue weighted by atomic mass is 16.5. The number of carboxylic acids is 1. The van der Waals surface area contributed by atoms with Gasteiger partial charge in [-0.05, 0) is 29.3 Å². The summed E-state index contributed by atoms with van der Waals surface area (Å²) in [5.41, 5.74) is 3.01. The van der Waals surface area contributed by atoms with Crippen molar-refractivity contribution >= 4 is 11.7 Å². The molecule has 4 nitrogen and oxygen atoms in total. The van der Waals surface area contributed by atoms with Gasteiger partial charge in [0.2, 0.25) is 0 Å². The van der Waals surface area contributed by atoms with Gasteiger partial charge in [0, 0.05) is 18.8 Å². The van der Waals surface area contributed by atoms with E-state index in [0.29, 0.717) is 13.1 Å². The van der Waals surface area contributed by atoms with Gasteiger partial charge in [0.25, 0.3) is 0 Å². The maximum atomic E-state index is 11.4. The van der Waals surface area contributed by atoms with Crippen molar-refractivity contribution in [3.05, 3.63) is 59.7 Å². The SMILES string of the molecule is COc1cccc(CN2CC(C(=O)O)c3ccccc32)c1. The number of fused-ring (bicyclic) bond motifs is 1. The van der Waals surface area contributed by atoms with Crippen LogP contribution in [-0.4, -0.2) is 24.7 Å². The highest BCUT2D eigenvalue weighted by Crippen LogP contribution is 2.37. The van der Waals surface area contributed by atoms with Gasteiger partial charge >= 0.3 is 5.97 Å². The number of carbonyl (C=O) groups is 1. The fourth-order valence-electron chi connectivity index (χ4n) is 2.84. The van der Waals surface area contributed by atoms with Crippen LogP contribution in [0.15, 0.2) is 48.5 Å². The van der Waals surface area contributed by atoms with Crippen molar-refractivity contribution in [2.75, 3.05) is 18.6 Å². The quantitative estimate of drug-likeness (QED) is 0.937. The van der Waals surface area contributed by atoms with Gasteiger partial charge in [-0.15, -0.1) is 0 Å². The van der Waals surface area contributed by atoms with Gasteiger partial charge in [0.1, 0.15) is 11.7 Å². The number of anilines is 1. The molecule has 21 heavy (non-hydrogen) atoms. The Morgan fingerprint density at radius 1 is 1.29 bits per heavy atom. The van der Waals surface area contributed by atoms with E-state index >= 15 is 0 Å². The molecule has 0 aromatic heterocycles. The van der Waals surface area contributed by atoms with E-state index in [1.54, 1.807) is 7.11 Å². The van der Waals surface area contributed by atoms with Crippen molar-refractivity contribution in [3.63, 3.8) is 0 Å². The summed E-state index contributed by atoms with van der Waals surface area (Å²) in [6.45, 7) is 1.18. The second-order valence-corrected chi connectivity index (χ2v) is 5.18. The fraction of sp³-hybridized carbons (Fsp3) is 0.235. The maximum Gasteiger partial charge on any atom is 0.312 e. The highest BCUT2D eigenvalue weighted by molar-refractivity contribution is 5.82. The molecule has 0 amide bonds. The molecule has 0 spiro atoms. The van der Waals surface area contributed by atoms with Gasteiger partial charge in [-0.1, -0.05) is 30.3 Å². The summed E-state index contributed by atoms with van der Waals surface area (Å²) in [4.78, 5) is 13.5. The Kier molecular flexibility index (Phi) is 3.52. The van der Waals surface area contributed by atoms with E-state index in [9.17, 15) is 9.90 Å². The molecule has 3 rings (SSSR count). The van der Waals surface area contributed by atoms with Crippen molar-refractivity contribution < 1.29 is 14.6 Å². The molecule has 2 aromatic rings. The average molecular weight is 283 g/mol. The molecule has 0 bridgehead atoms. The number of aliphatic carboxylic acids is 1. The number of benzene rings is 2. The normalized spacial score (nSPS) is 16.6. The first-order valence-corrected chi connectivity index (χ1v) is 6.88. The topological polar surface area (TPSA) is 49.8 Å². The third kappa shape index (κ3) is 2.57. The van der Waals surface area contributed by atoms with E-state index < -0.39 is 11.9 Å². The summed E-state index contributed by atoms with van der Waals surface area (Å²) in [7, 11) is 1.64. The monoisotopic (exact) mass is 283 g/mol. The van der Waals surface area contributed by atoms with Crippen molar-refractivity contribution in [2.45, 2.75) is 12.5 Å². The Hall–Kier alpha value is -2.49. The van der Waals surface area contributed by atoms with Crippen LogP contribution < -0.4 is 9.64 Å². The van der Waals surface area contributed by atoms with E-state index in [1.807, 2.05) is 48.5 Å². The molecule has 0 saturated heterocycles. The number of para-hydroxylation sites is 1. The van der Waals surface area contributed by atoms with Crippen LogP contribution in [0.5, 0.6) is 5.75 Å². The van der Waals surface area contributed by atoms with E-state index in [2.05, 4.69) is 4.90 Å². The van der Waals surface area contributed by atoms with Crippen molar-refractivity contribution in [2.24, 2.45) is 0 Å². The molecule has 1 aliphatic rings. The van der Waals surface area contributed by atoms with Crippen molar-refractivity contribution in [3.8, 4) is 5.75 Å². The lowest BCUT2D eigenvalue weighted by Gasteiger charge is -2.20. The molecule has 0 fully saturated rings. The first kappa shape index (κ1) is 13.5. The van der Waals surface area contributed by atoms with Gasteiger partial charge in [-0.2, -0.15) is 0 Å². The Morgan fingerprint density at radius 3 is 2.86 bits per heavy atom. The number of hydrogen-bond donors (Lipinski definition) is 1. The maximum absolute atomic E-state index is 11.4. The lowest BCUT2D eigenvalue weighted by Crippen LogP contribution is -2.24. The predicted molar refractivity (Wildman–Crippen MR) is 80.9 cm³/mol. The van der Waals surface area contributed by atoms with Gasteiger partial charge in [-0.3, -0.25) is 4.79 Å². The third-order valence-electron chi connectivity index (χ3n) is 3.86. The van der Waals surface area contributed by atoms with Crippen molar-refractivity contribution in [1.82, 2.24) is 0 Å². The van der Waals surface area contributed by atoms with E-state index in [-0.39, 0.29) is 0 Å². The molecule has 0 saturated carbocycles. The molecular formula is C17H17NO3. The van der Waals surface area contributed by atoms with Gasteiger partial charge in [0.05, 0.1) is 7.11 Å². The lowest BCUT2D eigenvalue weighted by molar-refractivity contribution is -0.138. The molecule has 1 heterocycles. The number of methoxy groups -OCH3 is 1. The molecular weight excluding hydrogens is 266 g/mol. The molecule has 108 valence electrons. The largest absolute Gasteiger partial charge is 0.497 e. The Bertz CT molecular complexity index is 669.